The summed E-state index contributed by atoms with van der Waals surface area (Å²) in [4.78, 5) is 0. The second-order valence-electron chi connectivity index (χ2n) is 2.90. The second kappa shape index (κ2) is 1.24. The molecule has 2 aliphatic heterocycles. The zero-order valence-corrected chi connectivity index (χ0v) is 6.97. The molecule has 46 valence electrons. The van der Waals surface area contributed by atoms with Crippen LogP contribution in [0.25, 0.3) is 0 Å². The third-order valence-corrected chi connectivity index (χ3v) is 9.13. The Hall–Kier alpha value is 0.690. The third kappa shape index (κ3) is 0.355. The van der Waals surface area contributed by atoms with Gasteiger partial charge in [0.2, 0.25) is 0 Å². The van der Waals surface area contributed by atoms with Gasteiger partial charge in [0, 0.05) is 0 Å². The average molecular weight is 223 g/mol. The van der Waals surface area contributed by atoms with Gasteiger partial charge in [-0.2, -0.15) is 0 Å². The van der Waals surface area contributed by atoms with Gasteiger partial charge in [-0.1, -0.05) is 0 Å². The molecular weight excluding hydrogens is 213 g/mol. The van der Waals surface area contributed by atoms with Crippen LogP contribution in [-0.4, -0.2) is 17.6 Å². The molecule has 0 amide bonds. The molecule has 3 aliphatic rings. The SMILES string of the molecule is C1CC2C(C1)I1CN21. The van der Waals surface area contributed by atoms with Gasteiger partial charge in [-0.3, -0.25) is 0 Å². The summed E-state index contributed by atoms with van der Waals surface area (Å²) in [6.07, 6.45) is 4.73. The summed E-state index contributed by atoms with van der Waals surface area (Å²) >= 11 is -0.229. The Balaban J connectivity index is 1.92. The minimum absolute atomic E-state index is 0.229. The van der Waals surface area contributed by atoms with Crippen molar-refractivity contribution in [2.45, 2.75) is 29.2 Å². The first kappa shape index (κ1) is 4.50. The molecule has 1 saturated carbocycles. The molecule has 0 aromatic rings. The van der Waals surface area contributed by atoms with Gasteiger partial charge in [0.25, 0.3) is 0 Å². The molecule has 1 aliphatic carbocycles. The summed E-state index contributed by atoms with van der Waals surface area (Å²) in [5.41, 5.74) is 0. The summed E-state index contributed by atoms with van der Waals surface area (Å²) < 4.78 is 5.74. The molecule has 2 heterocycles. The normalized spacial score (nSPS) is 61.5. The zero-order chi connectivity index (χ0) is 5.14. The van der Waals surface area contributed by atoms with Gasteiger partial charge in [-0.15, -0.1) is 0 Å². The Morgan fingerprint density at radius 1 is 1.38 bits per heavy atom. The van der Waals surface area contributed by atoms with Crippen LogP contribution in [0.1, 0.15) is 19.3 Å². The van der Waals surface area contributed by atoms with E-state index in [4.69, 9.17) is 0 Å². The summed E-state index contributed by atoms with van der Waals surface area (Å²) in [7, 11) is 0. The van der Waals surface area contributed by atoms with Crippen LogP contribution in [0.2, 0.25) is 0 Å². The summed E-state index contributed by atoms with van der Waals surface area (Å²) in [5, 5.41) is 0. The molecule has 8 heavy (non-hydrogen) atoms. The molecule has 3 fully saturated rings. The van der Waals surface area contributed by atoms with Crippen molar-refractivity contribution in [3.05, 3.63) is 0 Å². The van der Waals surface area contributed by atoms with Crippen LogP contribution in [-0.2, 0) is 0 Å². The van der Waals surface area contributed by atoms with E-state index in [1.54, 1.807) is 23.8 Å². The van der Waals surface area contributed by atoms with E-state index in [1.807, 2.05) is 0 Å². The maximum atomic E-state index is 2.81. The van der Waals surface area contributed by atoms with Crippen LogP contribution in [0, 0.1) is 0 Å². The minimum atomic E-state index is -0.229. The van der Waals surface area contributed by atoms with Crippen LogP contribution in [0.3, 0.4) is 0 Å². The Labute approximate surface area is 57.2 Å². The Kier molecular flexibility index (Phi) is 0.695. The van der Waals surface area contributed by atoms with Crippen molar-refractivity contribution in [1.82, 2.24) is 3.11 Å². The Bertz CT molecular complexity index is 122. The van der Waals surface area contributed by atoms with Gasteiger partial charge in [0.05, 0.1) is 0 Å². The van der Waals surface area contributed by atoms with E-state index in [0.717, 1.165) is 6.04 Å². The fourth-order valence-corrected chi connectivity index (χ4v) is 9.46. The summed E-state index contributed by atoms with van der Waals surface area (Å²) in [6, 6.07) is 1.14. The molecule has 0 radical (unpaired) electrons. The maximum absolute atomic E-state index is 2.81. The topological polar surface area (TPSA) is 3.01 Å². The quantitative estimate of drug-likeness (QED) is 0.198. The zero-order valence-electron chi connectivity index (χ0n) is 4.81. The molecule has 0 N–H and O–H groups in total. The standard InChI is InChI=1S/C6H10IN/c1-2-5-6(3-1)8-4-7(5)8/h5-6H,1-4H2. The first-order chi connectivity index (χ1) is 3.97. The van der Waals surface area contributed by atoms with E-state index in [9.17, 15) is 0 Å². The van der Waals surface area contributed by atoms with Crippen molar-refractivity contribution >= 4 is 20.1 Å². The van der Waals surface area contributed by atoms with Gasteiger partial charge in [-0.05, 0) is 0 Å². The molecule has 0 aromatic heterocycles. The van der Waals surface area contributed by atoms with E-state index in [1.165, 1.54) is 3.92 Å². The molecular formula is C6H10IN. The summed E-state index contributed by atoms with van der Waals surface area (Å²) in [5.74, 6) is 0. The van der Waals surface area contributed by atoms with E-state index in [-0.39, 0.29) is 20.1 Å². The number of hydrogen-bond acceptors (Lipinski definition) is 1. The van der Waals surface area contributed by atoms with E-state index < -0.39 is 0 Å². The van der Waals surface area contributed by atoms with Gasteiger partial charge in [-0.25, -0.2) is 0 Å². The van der Waals surface area contributed by atoms with Gasteiger partial charge in [0.1, 0.15) is 0 Å². The van der Waals surface area contributed by atoms with Crippen molar-refractivity contribution < 1.29 is 0 Å². The Morgan fingerprint density at radius 3 is 3.25 bits per heavy atom. The predicted octanol–water partition coefficient (Wildman–Crippen LogP) is 1.62. The molecule has 2 heteroatoms. The fraction of sp³-hybridized carbons (Fsp3) is 1.00. The first-order valence-corrected chi connectivity index (χ1v) is 7.11. The number of hydrogen-bond donors (Lipinski definition) is 0. The van der Waals surface area contributed by atoms with E-state index in [2.05, 4.69) is 3.11 Å². The third-order valence-electron chi connectivity index (χ3n) is 2.53. The van der Waals surface area contributed by atoms with Crippen molar-refractivity contribution in [3.8, 4) is 0 Å². The Morgan fingerprint density at radius 2 is 2.38 bits per heavy atom. The van der Waals surface area contributed by atoms with Gasteiger partial charge < -0.3 is 0 Å². The van der Waals surface area contributed by atoms with E-state index in [0.29, 0.717) is 0 Å². The van der Waals surface area contributed by atoms with Crippen LogP contribution in [0.4, 0.5) is 0 Å². The molecule has 2 saturated heterocycles. The van der Waals surface area contributed by atoms with Crippen LogP contribution in [0.5, 0.6) is 0 Å². The number of alkyl halides is 2. The second-order valence-corrected chi connectivity index (χ2v) is 8.55. The molecule has 3 rings (SSSR count). The summed E-state index contributed by atoms with van der Waals surface area (Å²) in [6.45, 7) is 0. The van der Waals surface area contributed by atoms with Gasteiger partial charge >= 0.3 is 57.0 Å². The molecule has 1 nitrogen and oxygen atoms in total. The molecule has 0 bridgehead atoms. The van der Waals surface area contributed by atoms with E-state index >= 15 is 0 Å². The first-order valence-electron chi connectivity index (χ1n) is 3.38. The molecule has 3 unspecified atom stereocenters. The molecule has 3 atom stereocenters. The van der Waals surface area contributed by atoms with Crippen molar-refractivity contribution in [2.24, 2.45) is 0 Å². The number of nitrogens with zero attached hydrogens (tertiary/aromatic N) is 1. The van der Waals surface area contributed by atoms with Crippen LogP contribution < -0.4 is 0 Å². The number of fused-ring (bicyclic) bond motifs is 4. The van der Waals surface area contributed by atoms with Crippen molar-refractivity contribution in [3.63, 3.8) is 0 Å². The van der Waals surface area contributed by atoms with Gasteiger partial charge in [0.15, 0.2) is 0 Å². The van der Waals surface area contributed by atoms with Crippen molar-refractivity contribution in [2.75, 3.05) is 4.55 Å². The fourth-order valence-electron chi connectivity index (χ4n) is 2.05. The van der Waals surface area contributed by atoms with Crippen molar-refractivity contribution in [1.29, 1.82) is 0 Å². The molecule has 0 aromatic carbocycles. The number of rotatable bonds is 0. The predicted molar refractivity (Wildman–Crippen MR) is 42.2 cm³/mol. The van der Waals surface area contributed by atoms with Crippen LogP contribution in [0.15, 0.2) is 0 Å². The number of halogens is 1. The molecule has 0 spiro atoms. The monoisotopic (exact) mass is 223 g/mol. The average Bonchev–Trinajstić information content (AvgIpc) is 2.34. The van der Waals surface area contributed by atoms with Crippen LogP contribution >= 0.6 is 20.1 Å².